The van der Waals surface area contributed by atoms with Crippen LogP contribution in [0.1, 0.15) is 31.5 Å². The highest BCUT2D eigenvalue weighted by molar-refractivity contribution is 7.88. The molecular weight excluding hydrogens is 264 g/mol. The van der Waals surface area contributed by atoms with Crippen molar-refractivity contribution in [1.82, 2.24) is 14.7 Å². The molecule has 0 aliphatic heterocycles. The second-order valence-electron chi connectivity index (χ2n) is 5.61. The van der Waals surface area contributed by atoms with Crippen LogP contribution in [0.2, 0.25) is 0 Å². The lowest BCUT2D eigenvalue weighted by molar-refractivity contribution is 0.475. The van der Waals surface area contributed by atoms with Crippen LogP contribution in [-0.2, 0) is 22.9 Å². The van der Waals surface area contributed by atoms with E-state index in [9.17, 15) is 8.42 Å². The first-order valence-electron chi connectivity index (χ1n) is 6.32. The van der Waals surface area contributed by atoms with Crippen LogP contribution in [-0.4, -0.2) is 36.7 Å². The Hall–Kier alpha value is -1.21. The highest BCUT2D eigenvalue weighted by atomic mass is 32.2. The van der Waals surface area contributed by atoms with Gasteiger partial charge >= 0.3 is 0 Å². The Labute approximate surface area is 114 Å². The number of nitrogens with one attached hydrogen (secondary N) is 2. The molecule has 0 bridgehead atoms. The maximum absolute atomic E-state index is 11.3. The van der Waals surface area contributed by atoms with E-state index in [1.165, 1.54) is 0 Å². The fraction of sp³-hybridized carbons (Fsp3) is 0.667. The normalized spacial score (nSPS) is 15.3. The van der Waals surface area contributed by atoms with Crippen molar-refractivity contribution in [3.8, 4) is 0 Å². The molecule has 19 heavy (non-hydrogen) atoms. The smallest absolute Gasteiger partial charge is 0.209 e. The molecule has 2 rings (SSSR count). The minimum absolute atomic E-state index is 0.476. The molecule has 0 saturated carbocycles. The maximum Gasteiger partial charge on any atom is 0.209 e. The summed E-state index contributed by atoms with van der Waals surface area (Å²) in [6, 6.07) is 0. The summed E-state index contributed by atoms with van der Waals surface area (Å²) in [5, 5.41) is 3.23. The van der Waals surface area contributed by atoms with E-state index < -0.39 is 15.6 Å². The topological polar surface area (TPSA) is 84.0 Å². The second kappa shape index (κ2) is 5.05. The lowest BCUT2D eigenvalue weighted by Crippen LogP contribution is -2.47. The third kappa shape index (κ3) is 3.87. The van der Waals surface area contributed by atoms with E-state index in [1.807, 2.05) is 13.8 Å². The number of hydrogen-bond acceptors (Lipinski definition) is 5. The van der Waals surface area contributed by atoms with E-state index in [-0.39, 0.29) is 0 Å². The summed E-state index contributed by atoms with van der Waals surface area (Å²) >= 11 is 0. The zero-order valence-corrected chi connectivity index (χ0v) is 12.3. The van der Waals surface area contributed by atoms with Crippen LogP contribution >= 0.6 is 0 Å². The summed E-state index contributed by atoms with van der Waals surface area (Å²) in [4.78, 5) is 8.51. The quantitative estimate of drug-likeness (QED) is 0.831. The van der Waals surface area contributed by atoms with Crippen molar-refractivity contribution >= 4 is 15.8 Å². The number of hydrogen-bond donors (Lipinski definition) is 2. The molecule has 0 spiro atoms. The highest BCUT2D eigenvalue weighted by Crippen LogP contribution is 2.25. The lowest BCUT2D eigenvalue weighted by Gasteiger charge is -2.26. The van der Waals surface area contributed by atoms with Crippen LogP contribution in [0.5, 0.6) is 0 Å². The third-order valence-corrected chi connectivity index (χ3v) is 3.96. The zero-order valence-electron chi connectivity index (χ0n) is 11.5. The Morgan fingerprint density at radius 2 is 2.05 bits per heavy atom. The third-order valence-electron chi connectivity index (χ3n) is 3.03. The molecule has 1 aromatic rings. The average Bonchev–Trinajstić information content (AvgIpc) is 2.71. The molecule has 106 valence electrons. The number of rotatable bonds is 5. The van der Waals surface area contributed by atoms with E-state index in [4.69, 9.17) is 0 Å². The Balaban J connectivity index is 2.05. The number of fused-ring (bicyclic) bond motifs is 1. The monoisotopic (exact) mass is 284 g/mol. The van der Waals surface area contributed by atoms with Gasteiger partial charge in [-0.25, -0.2) is 23.1 Å². The number of sulfonamides is 1. The summed E-state index contributed by atoms with van der Waals surface area (Å²) in [6.07, 6.45) is 5.81. The van der Waals surface area contributed by atoms with Crippen molar-refractivity contribution in [3.63, 3.8) is 0 Å². The second-order valence-corrected chi connectivity index (χ2v) is 7.36. The van der Waals surface area contributed by atoms with E-state index >= 15 is 0 Å². The van der Waals surface area contributed by atoms with Crippen molar-refractivity contribution in [2.45, 2.75) is 38.6 Å². The van der Waals surface area contributed by atoms with Gasteiger partial charge in [-0.15, -0.1) is 0 Å². The van der Waals surface area contributed by atoms with E-state index in [0.29, 0.717) is 6.54 Å². The van der Waals surface area contributed by atoms with Gasteiger partial charge in [-0.1, -0.05) is 0 Å². The Morgan fingerprint density at radius 3 is 2.74 bits per heavy atom. The largest absolute Gasteiger partial charge is 0.368 e. The summed E-state index contributed by atoms with van der Waals surface area (Å²) in [6.45, 7) is 4.15. The van der Waals surface area contributed by atoms with Gasteiger partial charge in [-0.05, 0) is 33.1 Å². The molecule has 0 aromatic carbocycles. The zero-order chi connectivity index (χ0) is 14.1. The van der Waals surface area contributed by atoms with Gasteiger partial charge in [0.05, 0.1) is 6.26 Å². The average molecular weight is 284 g/mol. The predicted molar refractivity (Wildman–Crippen MR) is 74.6 cm³/mol. The van der Waals surface area contributed by atoms with Crippen LogP contribution < -0.4 is 10.0 Å². The summed E-state index contributed by atoms with van der Waals surface area (Å²) in [5.74, 6) is 0.825. The van der Waals surface area contributed by atoms with Gasteiger partial charge in [0.25, 0.3) is 0 Å². The summed E-state index contributed by atoms with van der Waals surface area (Å²) < 4.78 is 25.2. The van der Waals surface area contributed by atoms with Crippen molar-refractivity contribution in [3.05, 3.63) is 17.6 Å². The van der Waals surface area contributed by atoms with Gasteiger partial charge in [0.2, 0.25) is 10.0 Å². The number of aromatic nitrogens is 2. The van der Waals surface area contributed by atoms with E-state index in [0.717, 1.165) is 42.6 Å². The molecule has 0 atom stereocenters. The molecule has 6 nitrogen and oxygen atoms in total. The van der Waals surface area contributed by atoms with Gasteiger partial charge in [0.15, 0.2) is 0 Å². The number of anilines is 1. The Bertz CT molecular complexity index is 569. The minimum Gasteiger partial charge on any atom is -0.368 e. The molecule has 1 aromatic heterocycles. The molecule has 0 saturated heterocycles. The van der Waals surface area contributed by atoms with Crippen molar-refractivity contribution in [2.75, 3.05) is 18.1 Å². The van der Waals surface area contributed by atoms with E-state index in [2.05, 4.69) is 20.0 Å². The number of nitrogens with zero attached hydrogens (tertiary/aromatic N) is 2. The van der Waals surface area contributed by atoms with Crippen LogP contribution in [0, 0.1) is 0 Å². The van der Waals surface area contributed by atoms with Crippen molar-refractivity contribution in [1.29, 1.82) is 0 Å². The highest BCUT2D eigenvalue weighted by Gasteiger charge is 2.23. The van der Waals surface area contributed by atoms with Gasteiger partial charge in [-0.2, -0.15) is 0 Å². The standard InChI is InChI=1S/C12H20N4O2S/c1-12(2,16-19(3,17)18)7-13-11-9-5-4-6-10(9)14-8-15-11/h8,16H,4-7H2,1-3H3,(H,13,14,15). The minimum atomic E-state index is -3.22. The van der Waals surface area contributed by atoms with Crippen LogP contribution in [0.25, 0.3) is 0 Å². The molecule has 0 fully saturated rings. The first-order chi connectivity index (χ1) is 8.77. The molecule has 1 heterocycles. The first kappa shape index (κ1) is 14.2. The molecular formula is C12H20N4O2S. The fourth-order valence-corrected chi connectivity index (χ4v) is 3.43. The van der Waals surface area contributed by atoms with Crippen molar-refractivity contribution in [2.24, 2.45) is 0 Å². The molecule has 1 aliphatic carbocycles. The molecule has 0 unspecified atom stereocenters. The van der Waals surface area contributed by atoms with Gasteiger partial charge < -0.3 is 5.32 Å². The van der Waals surface area contributed by atoms with E-state index in [1.54, 1.807) is 6.33 Å². The first-order valence-corrected chi connectivity index (χ1v) is 8.21. The predicted octanol–water partition coefficient (Wildman–Crippen LogP) is 0.705. The number of aryl methyl sites for hydroxylation is 1. The van der Waals surface area contributed by atoms with Crippen molar-refractivity contribution < 1.29 is 8.42 Å². The van der Waals surface area contributed by atoms with Gasteiger partial charge in [0, 0.05) is 23.3 Å². The molecule has 2 N–H and O–H groups in total. The van der Waals surface area contributed by atoms with Crippen LogP contribution in [0.3, 0.4) is 0 Å². The Kier molecular flexibility index (Phi) is 3.78. The maximum atomic E-state index is 11.3. The van der Waals surface area contributed by atoms with Gasteiger partial charge in [-0.3, -0.25) is 0 Å². The van der Waals surface area contributed by atoms with Crippen LogP contribution in [0.4, 0.5) is 5.82 Å². The molecule has 7 heteroatoms. The fourth-order valence-electron chi connectivity index (χ4n) is 2.35. The van der Waals surface area contributed by atoms with Crippen LogP contribution in [0.15, 0.2) is 6.33 Å². The molecule has 0 radical (unpaired) electrons. The summed E-state index contributed by atoms with van der Waals surface area (Å²) in [7, 11) is -3.22. The molecule has 1 aliphatic rings. The summed E-state index contributed by atoms with van der Waals surface area (Å²) in [5.41, 5.74) is 1.70. The molecule has 0 amide bonds. The lowest BCUT2D eigenvalue weighted by atomic mass is 10.1. The van der Waals surface area contributed by atoms with Gasteiger partial charge in [0.1, 0.15) is 12.1 Å². The SMILES string of the molecule is CC(C)(CNc1ncnc2c1CCC2)NS(C)(=O)=O. The Morgan fingerprint density at radius 1 is 1.32 bits per heavy atom.